The molecule has 1 saturated heterocycles. The first-order valence-corrected chi connectivity index (χ1v) is 8.12. The summed E-state index contributed by atoms with van der Waals surface area (Å²) < 4.78 is 11.3. The van der Waals surface area contributed by atoms with Crippen LogP contribution in [0.15, 0.2) is 29.4 Å². The molecule has 0 aliphatic carbocycles. The van der Waals surface area contributed by atoms with E-state index in [1.165, 1.54) is 5.01 Å². The van der Waals surface area contributed by atoms with Crippen LogP contribution in [0.3, 0.4) is 0 Å². The molecule has 0 radical (unpaired) electrons. The van der Waals surface area contributed by atoms with E-state index in [-0.39, 0.29) is 17.9 Å². The Morgan fingerprint density at radius 2 is 2.25 bits per heavy atom. The lowest BCUT2D eigenvalue weighted by Crippen LogP contribution is -2.34. The average molecular weight is 331 g/mol. The fraction of sp³-hybridized carbons (Fsp3) is 0.471. The van der Waals surface area contributed by atoms with Gasteiger partial charge < -0.3 is 14.8 Å². The summed E-state index contributed by atoms with van der Waals surface area (Å²) in [6, 6.07) is 7.27. The van der Waals surface area contributed by atoms with Crippen molar-refractivity contribution in [2.24, 2.45) is 5.10 Å². The predicted octanol–water partition coefficient (Wildman–Crippen LogP) is 1.79. The Labute approximate surface area is 140 Å². The van der Waals surface area contributed by atoms with Gasteiger partial charge in [-0.05, 0) is 25.0 Å². The molecule has 1 aromatic carbocycles. The number of nitrogens with one attached hydrogen (secondary N) is 1. The lowest BCUT2D eigenvalue weighted by Gasteiger charge is -2.19. The zero-order chi connectivity index (χ0) is 16.9. The summed E-state index contributed by atoms with van der Waals surface area (Å²) in [5.41, 5.74) is 0.925. The number of carbonyl (C=O) groups excluding carboxylic acids is 2. The molecule has 3 rings (SSSR count). The minimum absolute atomic E-state index is 0.0909. The second kappa shape index (κ2) is 7.44. The number of para-hydroxylation sites is 2. The van der Waals surface area contributed by atoms with Crippen molar-refractivity contribution in [2.45, 2.75) is 31.8 Å². The zero-order valence-corrected chi connectivity index (χ0v) is 13.7. The minimum Gasteiger partial charge on any atom is -0.489 e. The Morgan fingerprint density at radius 1 is 1.42 bits per heavy atom. The molecular weight excluding hydrogens is 310 g/mol. The van der Waals surface area contributed by atoms with Gasteiger partial charge in [-0.1, -0.05) is 12.1 Å². The van der Waals surface area contributed by atoms with Gasteiger partial charge in [0.1, 0.15) is 18.1 Å². The molecule has 1 atom stereocenters. The topological polar surface area (TPSA) is 80.2 Å². The number of amides is 2. The van der Waals surface area contributed by atoms with Crippen LogP contribution in [0.1, 0.15) is 25.7 Å². The lowest BCUT2D eigenvalue weighted by atomic mass is 10.1. The van der Waals surface area contributed by atoms with Gasteiger partial charge in [0.15, 0.2) is 0 Å². The molecule has 1 unspecified atom stereocenters. The predicted molar refractivity (Wildman–Crippen MR) is 89.0 cm³/mol. The first-order valence-electron chi connectivity index (χ1n) is 8.12. The smallest absolute Gasteiger partial charge is 0.271 e. The van der Waals surface area contributed by atoms with Crippen LogP contribution in [-0.2, 0) is 14.3 Å². The third-order valence-corrected chi connectivity index (χ3v) is 4.05. The maximum absolute atomic E-state index is 12.4. The highest BCUT2D eigenvalue weighted by Crippen LogP contribution is 2.25. The summed E-state index contributed by atoms with van der Waals surface area (Å²) >= 11 is 0. The fourth-order valence-electron chi connectivity index (χ4n) is 2.68. The molecular formula is C17H21N3O4. The highest BCUT2D eigenvalue weighted by Gasteiger charge is 2.23. The molecule has 0 bridgehead atoms. The summed E-state index contributed by atoms with van der Waals surface area (Å²) in [5, 5.41) is 8.05. The van der Waals surface area contributed by atoms with E-state index in [2.05, 4.69) is 10.4 Å². The summed E-state index contributed by atoms with van der Waals surface area (Å²) in [4.78, 5) is 23.8. The number of rotatable bonds is 5. The van der Waals surface area contributed by atoms with Gasteiger partial charge in [-0.15, -0.1) is 0 Å². The Morgan fingerprint density at radius 3 is 3.00 bits per heavy atom. The maximum Gasteiger partial charge on any atom is 0.271 e. The van der Waals surface area contributed by atoms with Crippen LogP contribution in [0.4, 0.5) is 5.69 Å². The molecule has 2 aliphatic heterocycles. The minimum atomic E-state index is -0.317. The van der Waals surface area contributed by atoms with Gasteiger partial charge in [-0.2, -0.15) is 5.10 Å². The number of hydrazone groups is 1. The molecule has 1 aromatic rings. The third-order valence-electron chi connectivity index (χ3n) is 4.05. The first kappa shape index (κ1) is 16.4. The third kappa shape index (κ3) is 3.91. The van der Waals surface area contributed by atoms with Gasteiger partial charge in [0.05, 0.1) is 11.8 Å². The van der Waals surface area contributed by atoms with Crippen molar-refractivity contribution >= 4 is 23.2 Å². The summed E-state index contributed by atoms with van der Waals surface area (Å²) in [7, 11) is 1.55. The van der Waals surface area contributed by atoms with Crippen LogP contribution in [0.5, 0.6) is 5.75 Å². The van der Waals surface area contributed by atoms with Gasteiger partial charge in [-0.25, -0.2) is 5.01 Å². The molecule has 1 fully saturated rings. The van der Waals surface area contributed by atoms with Gasteiger partial charge in [0.25, 0.3) is 5.91 Å². The molecule has 7 heteroatoms. The van der Waals surface area contributed by atoms with Crippen molar-refractivity contribution in [3.63, 3.8) is 0 Å². The molecule has 2 heterocycles. The van der Waals surface area contributed by atoms with E-state index < -0.39 is 0 Å². The maximum atomic E-state index is 12.4. The van der Waals surface area contributed by atoms with Crippen LogP contribution < -0.4 is 10.1 Å². The molecule has 1 N–H and O–H groups in total. The highest BCUT2D eigenvalue weighted by atomic mass is 16.5. The van der Waals surface area contributed by atoms with Crippen molar-refractivity contribution in [1.82, 2.24) is 5.01 Å². The monoisotopic (exact) mass is 331 g/mol. The molecule has 128 valence electrons. The highest BCUT2D eigenvalue weighted by molar-refractivity contribution is 6.43. The van der Waals surface area contributed by atoms with Crippen molar-refractivity contribution in [3.8, 4) is 5.75 Å². The van der Waals surface area contributed by atoms with Crippen molar-refractivity contribution in [2.75, 3.05) is 25.6 Å². The van der Waals surface area contributed by atoms with E-state index >= 15 is 0 Å². The second-order valence-electron chi connectivity index (χ2n) is 5.86. The van der Waals surface area contributed by atoms with Crippen LogP contribution in [0.2, 0.25) is 0 Å². The van der Waals surface area contributed by atoms with Gasteiger partial charge >= 0.3 is 0 Å². The molecule has 7 nitrogen and oxygen atoms in total. The summed E-state index contributed by atoms with van der Waals surface area (Å²) in [6.07, 6.45) is 2.79. The number of anilines is 1. The Bertz CT molecular complexity index is 653. The summed E-state index contributed by atoms with van der Waals surface area (Å²) in [5.74, 6) is 0.191. The second-order valence-corrected chi connectivity index (χ2v) is 5.86. The standard InChI is InChI=1S/C17H21N3O4/c1-20-16(21)9-8-14(19-20)17(22)18-13-6-2-3-7-15(13)24-11-12-5-4-10-23-12/h2-3,6-7,12H,4-5,8-11H2,1H3,(H,18,22). The Kier molecular flexibility index (Phi) is 5.10. The van der Waals surface area contributed by atoms with E-state index in [1.807, 2.05) is 18.2 Å². The van der Waals surface area contributed by atoms with E-state index in [4.69, 9.17) is 9.47 Å². The van der Waals surface area contributed by atoms with Crippen molar-refractivity contribution in [1.29, 1.82) is 0 Å². The van der Waals surface area contributed by atoms with E-state index in [0.717, 1.165) is 19.4 Å². The van der Waals surface area contributed by atoms with Crippen molar-refractivity contribution < 1.29 is 19.1 Å². The first-order chi connectivity index (χ1) is 11.6. The number of hydrogen-bond acceptors (Lipinski definition) is 5. The van der Waals surface area contributed by atoms with E-state index in [1.54, 1.807) is 13.1 Å². The van der Waals surface area contributed by atoms with Crippen LogP contribution in [0, 0.1) is 0 Å². The molecule has 0 spiro atoms. The SMILES string of the molecule is CN1N=C(C(=O)Nc2ccccc2OCC2CCCO2)CCC1=O. The number of benzene rings is 1. The number of nitrogens with zero attached hydrogens (tertiary/aromatic N) is 2. The van der Waals surface area contributed by atoms with Crippen LogP contribution in [-0.4, -0.2) is 48.9 Å². The summed E-state index contributed by atoms with van der Waals surface area (Å²) in [6.45, 7) is 1.24. The van der Waals surface area contributed by atoms with E-state index in [0.29, 0.717) is 36.6 Å². The normalized spacial score (nSPS) is 20.7. The zero-order valence-electron chi connectivity index (χ0n) is 13.7. The van der Waals surface area contributed by atoms with Gasteiger partial charge in [0, 0.05) is 26.5 Å². The number of ether oxygens (including phenoxy) is 2. The van der Waals surface area contributed by atoms with Crippen LogP contribution in [0.25, 0.3) is 0 Å². The number of hydrogen-bond donors (Lipinski definition) is 1. The fourth-order valence-corrected chi connectivity index (χ4v) is 2.68. The van der Waals surface area contributed by atoms with Crippen LogP contribution >= 0.6 is 0 Å². The molecule has 0 aromatic heterocycles. The lowest BCUT2D eigenvalue weighted by molar-refractivity contribution is -0.130. The van der Waals surface area contributed by atoms with Crippen molar-refractivity contribution in [3.05, 3.63) is 24.3 Å². The largest absolute Gasteiger partial charge is 0.489 e. The molecule has 24 heavy (non-hydrogen) atoms. The van der Waals surface area contributed by atoms with Gasteiger partial charge in [-0.3, -0.25) is 9.59 Å². The van der Waals surface area contributed by atoms with Gasteiger partial charge in [0.2, 0.25) is 5.91 Å². The molecule has 2 aliphatic rings. The van der Waals surface area contributed by atoms with E-state index in [9.17, 15) is 9.59 Å². The Hall–Kier alpha value is -2.41. The Balaban J connectivity index is 1.65. The number of carbonyl (C=O) groups is 2. The molecule has 0 saturated carbocycles. The quantitative estimate of drug-likeness (QED) is 0.892. The average Bonchev–Trinajstić information content (AvgIpc) is 3.10. The molecule has 2 amide bonds.